The zero-order valence-corrected chi connectivity index (χ0v) is 12.7. The van der Waals surface area contributed by atoms with E-state index in [1.807, 2.05) is 11.3 Å². The van der Waals surface area contributed by atoms with Gasteiger partial charge in [0, 0.05) is 13.0 Å². The van der Waals surface area contributed by atoms with Gasteiger partial charge in [-0.2, -0.15) is 0 Å². The number of thiazole rings is 1. The van der Waals surface area contributed by atoms with Gasteiger partial charge in [-0.3, -0.25) is 0 Å². The average molecular weight is 284 g/mol. The van der Waals surface area contributed by atoms with E-state index < -0.39 is 0 Å². The van der Waals surface area contributed by atoms with E-state index >= 15 is 0 Å². The highest BCUT2D eigenvalue weighted by Gasteiger charge is 2.20. The predicted molar refractivity (Wildman–Crippen MR) is 85.0 cm³/mol. The van der Waals surface area contributed by atoms with Crippen molar-refractivity contribution in [3.8, 4) is 0 Å². The van der Waals surface area contributed by atoms with E-state index in [1.54, 1.807) is 0 Å². The Bertz CT molecular complexity index is 708. The number of nitrogens with zero attached hydrogens (tertiary/aromatic N) is 2. The molecule has 20 heavy (non-hydrogen) atoms. The van der Waals surface area contributed by atoms with E-state index in [0.717, 1.165) is 18.8 Å². The van der Waals surface area contributed by atoms with Crippen LogP contribution in [0.5, 0.6) is 0 Å². The van der Waals surface area contributed by atoms with Crippen LogP contribution in [-0.4, -0.2) is 30.0 Å². The standard InChI is InChI=1S/C17H20N2S/c1-19-8-4-5-12(11-19)9-16-18-17-14-7-3-2-6-13(14)10-15(17)20-16/h2-3,6,10,12H,4-5,7-9,11H2,1H3. The molecule has 2 heterocycles. The van der Waals surface area contributed by atoms with Gasteiger partial charge in [0.05, 0.1) is 14.9 Å². The van der Waals surface area contributed by atoms with Gasteiger partial charge in [-0.15, -0.1) is 11.3 Å². The molecule has 0 N–H and O–H groups in total. The summed E-state index contributed by atoms with van der Waals surface area (Å²) in [4.78, 5) is 7.41. The Morgan fingerprint density at radius 1 is 1.45 bits per heavy atom. The van der Waals surface area contributed by atoms with Gasteiger partial charge < -0.3 is 4.90 Å². The summed E-state index contributed by atoms with van der Waals surface area (Å²) in [6.45, 7) is 2.50. The second-order valence-electron chi connectivity index (χ2n) is 6.17. The lowest BCUT2D eigenvalue weighted by Gasteiger charge is -2.29. The van der Waals surface area contributed by atoms with E-state index in [2.05, 4.69) is 36.3 Å². The van der Waals surface area contributed by atoms with Crippen LogP contribution in [0.15, 0.2) is 23.8 Å². The van der Waals surface area contributed by atoms with Crippen molar-refractivity contribution in [2.24, 2.45) is 5.92 Å². The second-order valence-corrected chi connectivity index (χ2v) is 7.29. The Kier molecular flexibility index (Phi) is 3.12. The normalized spacial score (nSPS) is 25.1. The van der Waals surface area contributed by atoms with Gasteiger partial charge in [0.2, 0.25) is 0 Å². The first kappa shape index (κ1) is 12.5. The molecule has 3 aliphatic rings. The third kappa shape index (κ3) is 2.19. The number of aromatic nitrogens is 1. The fourth-order valence-corrected chi connectivity index (χ4v) is 4.71. The van der Waals surface area contributed by atoms with Crippen molar-refractivity contribution in [2.75, 3.05) is 20.1 Å². The lowest BCUT2D eigenvalue weighted by Crippen LogP contribution is -2.33. The monoisotopic (exact) mass is 284 g/mol. The Morgan fingerprint density at radius 2 is 2.40 bits per heavy atom. The number of hydrogen-bond donors (Lipinski definition) is 0. The Balaban J connectivity index is 1.60. The minimum atomic E-state index is 0.797. The van der Waals surface area contributed by atoms with E-state index in [0.29, 0.717) is 0 Å². The maximum absolute atomic E-state index is 4.95. The highest BCUT2D eigenvalue weighted by atomic mass is 32.1. The topological polar surface area (TPSA) is 16.1 Å². The molecule has 1 aromatic heterocycles. The van der Waals surface area contributed by atoms with Crippen molar-refractivity contribution in [2.45, 2.75) is 25.7 Å². The fraction of sp³-hybridized carbons (Fsp3) is 0.471. The third-order valence-electron chi connectivity index (χ3n) is 4.54. The molecule has 1 fully saturated rings. The predicted octanol–water partition coefficient (Wildman–Crippen LogP) is 1.86. The summed E-state index contributed by atoms with van der Waals surface area (Å²) in [6, 6.07) is 0. The molecule has 3 heteroatoms. The van der Waals surface area contributed by atoms with Crippen molar-refractivity contribution >= 4 is 23.0 Å². The molecule has 1 saturated heterocycles. The molecule has 2 aliphatic carbocycles. The van der Waals surface area contributed by atoms with Crippen molar-refractivity contribution in [1.82, 2.24) is 9.88 Å². The molecule has 1 aliphatic heterocycles. The van der Waals surface area contributed by atoms with Crippen molar-refractivity contribution in [3.63, 3.8) is 0 Å². The van der Waals surface area contributed by atoms with Gasteiger partial charge in [0.25, 0.3) is 0 Å². The van der Waals surface area contributed by atoms with Crippen molar-refractivity contribution < 1.29 is 0 Å². The summed E-state index contributed by atoms with van der Waals surface area (Å²) in [5, 5.41) is 2.61. The Hall–Kier alpha value is -1.19. The number of likely N-dealkylation sites (tertiary alicyclic amines) is 1. The lowest BCUT2D eigenvalue weighted by atomic mass is 9.95. The van der Waals surface area contributed by atoms with Gasteiger partial charge in [0.15, 0.2) is 0 Å². The molecule has 0 amide bonds. The van der Waals surface area contributed by atoms with E-state index in [-0.39, 0.29) is 0 Å². The molecule has 0 saturated carbocycles. The van der Waals surface area contributed by atoms with E-state index in [4.69, 9.17) is 4.98 Å². The van der Waals surface area contributed by atoms with Crippen molar-refractivity contribution in [3.05, 3.63) is 38.7 Å². The van der Waals surface area contributed by atoms with Crippen LogP contribution in [0.3, 0.4) is 0 Å². The summed E-state index contributed by atoms with van der Waals surface area (Å²) in [6.07, 6.45) is 13.8. The maximum atomic E-state index is 4.95. The molecular weight excluding hydrogens is 264 g/mol. The summed E-state index contributed by atoms with van der Waals surface area (Å²) < 4.78 is 1.38. The molecule has 0 aromatic carbocycles. The minimum absolute atomic E-state index is 0.797. The smallest absolute Gasteiger partial charge is 0.0942 e. The first-order valence-electron chi connectivity index (χ1n) is 7.56. The zero-order valence-electron chi connectivity index (χ0n) is 11.9. The summed E-state index contributed by atoms with van der Waals surface area (Å²) in [5.74, 6) is 0.797. The van der Waals surface area contributed by atoms with Gasteiger partial charge in [-0.25, -0.2) is 4.98 Å². The van der Waals surface area contributed by atoms with Gasteiger partial charge in [-0.1, -0.05) is 18.2 Å². The molecule has 4 rings (SSSR count). The largest absolute Gasteiger partial charge is 0.306 e. The first-order chi connectivity index (χ1) is 9.79. The molecule has 2 nitrogen and oxygen atoms in total. The summed E-state index contributed by atoms with van der Waals surface area (Å²) >= 11 is 1.91. The molecule has 1 atom stereocenters. The molecular formula is C17H20N2S. The molecule has 0 bridgehead atoms. The highest BCUT2D eigenvalue weighted by molar-refractivity contribution is 7.09. The fourth-order valence-electron chi connectivity index (χ4n) is 3.55. The highest BCUT2D eigenvalue weighted by Crippen LogP contribution is 2.24. The average Bonchev–Trinajstić information content (AvgIpc) is 2.95. The van der Waals surface area contributed by atoms with Gasteiger partial charge in [0.1, 0.15) is 0 Å². The van der Waals surface area contributed by atoms with Crippen LogP contribution in [0.4, 0.5) is 0 Å². The maximum Gasteiger partial charge on any atom is 0.0942 e. The quantitative estimate of drug-likeness (QED) is 0.824. The number of allylic oxidation sites excluding steroid dienone is 4. The molecule has 104 valence electrons. The van der Waals surface area contributed by atoms with Crippen LogP contribution in [-0.2, 0) is 6.42 Å². The van der Waals surface area contributed by atoms with E-state index in [9.17, 15) is 0 Å². The summed E-state index contributed by atoms with van der Waals surface area (Å²) in [5.41, 5.74) is 2.82. The number of rotatable bonds is 2. The van der Waals surface area contributed by atoms with Crippen molar-refractivity contribution in [1.29, 1.82) is 0 Å². The van der Waals surface area contributed by atoms with E-state index in [1.165, 1.54) is 52.0 Å². The Morgan fingerprint density at radius 3 is 3.30 bits per heavy atom. The summed E-state index contributed by atoms with van der Waals surface area (Å²) in [7, 11) is 2.24. The van der Waals surface area contributed by atoms with Crippen LogP contribution in [0.1, 0.15) is 24.3 Å². The Labute approximate surface area is 123 Å². The SMILES string of the molecule is CN1CCCC(Cc2nc3c(s2)=CC2=CC=CCC=32)C1. The second kappa shape index (κ2) is 4.97. The van der Waals surface area contributed by atoms with Gasteiger partial charge in [-0.05, 0) is 56.0 Å². The zero-order chi connectivity index (χ0) is 13.5. The number of hydrogen-bond acceptors (Lipinski definition) is 3. The molecule has 0 spiro atoms. The number of piperidine rings is 1. The van der Waals surface area contributed by atoms with Crippen LogP contribution >= 0.6 is 11.3 Å². The third-order valence-corrected chi connectivity index (χ3v) is 5.56. The minimum Gasteiger partial charge on any atom is -0.306 e. The van der Waals surface area contributed by atoms with Crippen LogP contribution in [0.2, 0.25) is 0 Å². The molecule has 0 radical (unpaired) electrons. The van der Waals surface area contributed by atoms with Crippen LogP contribution < -0.4 is 9.88 Å². The lowest BCUT2D eigenvalue weighted by molar-refractivity contribution is 0.209. The van der Waals surface area contributed by atoms with Crippen LogP contribution in [0, 0.1) is 5.92 Å². The van der Waals surface area contributed by atoms with Crippen LogP contribution in [0.25, 0.3) is 11.6 Å². The molecule has 1 unspecified atom stereocenters. The number of fused-ring (bicyclic) bond motifs is 2. The first-order valence-corrected chi connectivity index (χ1v) is 8.37. The van der Waals surface area contributed by atoms with Gasteiger partial charge >= 0.3 is 0 Å². The molecule has 1 aromatic rings.